The monoisotopic (exact) mass is 249 g/mol. The van der Waals surface area contributed by atoms with Crippen LogP contribution in [0.25, 0.3) is 0 Å². The fourth-order valence-electron chi connectivity index (χ4n) is 2.20. The molecule has 2 unspecified atom stereocenters. The molecule has 4 heteroatoms. The largest absolute Gasteiger partial charge is 0.376 e. The molecule has 1 N–H and O–H groups in total. The van der Waals surface area contributed by atoms with Crippen molar-refractivity contribution in [3.8, 4) is 0 Å². The third-order valence-corrected chi connectivity index (χ3v) is 3.75. The lowest BCUT2D eigenvalue weighted by Gasteiger charge is -2.29. The van der Waals surface area contributed by atoms with Crippen LogP contribution in [0.3, 0.4) is 0 Å². The maximum absolute atomic E-state index is 5.63. The zero-order valence-electron chi connectivity index (χ0n) is 11.9. The van der Waals surface area contributed by atoms with E-state index in [2.05, 4.69) is 43.0 Å². The highest BCUT2D eigenvalue weighted by atomic mass is 16.5. The lowest BCUT2D eigenvalue weighted by Crippen LogP contribution is -2.41. The number of aryl methyl sites for hydroxylation is 1. The Morgan fingerprint density at radius 2 is 2.17 bits per heavy atom. The summed E-state index contributed by atoms with van der Waals surface area (Å²) < 4.78 is 5.63. The van der Waals surface area contributed by atoms with E-state index in [9.17, 15) is 0 Å². The number of anilines is 1. The Balaban J connectivity index is 2.23. The Morgan fingerprint density at radius 1 is 1.44 bits per heavy atom. The van der Waals surface area contributed by atoms with Crippen LogP contribution < -0.4 is 5.32 Å². The van der Waals surface area contributed by atoms with Crippen LogP contribution in [-0.4, -0.2) is 28.2 Å². The van der Waals surface area contributed by atoms with Crippen molar-refractivity contribution in [3.05, 3.63) is 17.5 Å². The van der Waals surface area contributed by atoms with E-state index < -0.39 is 0 Å². The summed E-state index contributed by atoms with van der Waals surface area (Å²) in [6.45, 7) is 11.4. The van der Waals surface area contributed by atoms with Crippen molar-refractivity contribution in [2.24, 2.45) is 0 Å². The molecule has 4 nitrogen and oxygen atoms in total. The average molecular weight is 249 g/mol. The smallest absolute Gasteiger partial charge is 0.223 e. The molecule has 0 radical (unpaired) electrons. The van der Waals surface area contributed by atoms with Gasteiger partial charge >= 0.3 is 0 Å². The zero-order valence-corrected chi connectivity index (χ0v) is 11.9. The lowest BCUT2D eigenvalue weighted by atomic mass is 9.95. The number of aromatic nitrogens is 2. The topological polar surface area (TPSA) is 47.0 Å². The predicted octanol–water partition coefficient (Wildman–Crippen LogP) is 2.89. The molecule has 0 bridgehead atoms. The normalized spacial score (nSPS) is 27.8. The number of nitrogens with one attached hydrogen (secondary N) is 1. The van der Waals surface area contributed by atoms with Crippen molar-refractivity contribution in [3.63, 3.8) is 0 Å². The van der Waals surface area contributed by atoms with Crippen LogP contribution in [0.4, 0.5) is 5.95 Å². The molecular formula is C14H23N3O. The molecule has 1 aromatic heterocycles. The van der Waals surface area contributed by atoms with Crippen molar-refractivity contribution >= 4 is 5.95 Å². The molecule has 100 valence electrons. The second kappa shape index (κ2) is 4.84. The van der Waals surface area contributed by atoms with Gasteiger partial charge in [0.15, 0.2) is 0 Å². The van der Waals surface area contributed by atoms with Gasteiger partial charge in [-0.05, 0) is 39.2 Å². The molecular weight excluding hydrogens is 226 g/mol. The molecule has 0 saturated carbocycles. The van der Waals surface area contributed by atoms with Gasteiger partial charge in [-0.25, -0.2) is 9.97 Å². The summed E-state index contributed by atoms with van der Waals surface area (Å²) in [7, 11) is 0. The van der Waals surface area contributed by atoms with Gasteiger partial charge in [0.25, 0.3) is 0 Å². The van der Waals surface area contributed by atoms with E-state index in [-0.39, 0.29) is 11.6 Å². The quantitative estimate of drug-likeness (QED) is 0.894. The number of nitrogens with zero attached hydrogens (tertiary/aromatic N) is 2. The van der Waals surface area contributed by atoms with Gasteiger partial charge in [-0.2, -0.15) is 0 Å². The van der Waals surface area contributed by atoms with E-state index in [1.807, 2.05) is 13.0 Å². The van der Waals surface area contributed by atoms with Gasteiger partial charge in [-0.1, -0.05) is 13.8 Å². The molecule has 0 spiro atoms. The summed E-state index contributed by atoms with van der Waals surface area (Å²) in [5.41, 5.74) is 2.02. The molecule has 0 aliphatic carbocycles. The molecule has 2 heterocycles. The van der Waals surface area contributed by atoms with Gasteiger partial charge in [-0.15, -0.1) is 0 Å². The highest BCUT2D eigenvalue weighted by Gasteiger charge is 2.37. The molecule has 1 fully saturated rings. The van der Waals surface area contributed by atoms with E-state index in [1.54, 1.807) is 0 Å². The fourth-order valence-corrected chi connectivity index (χ4v) is 2.20. The summed E-state index contributed by atoms with van der Waals surface area (Å²) in [5.74, 6) is 1.14. The molecule has 18 heavy (non-hydrogen) atoms. The van der Waals surface area contributed by atoms with E-state index in [1.165, 1.54) is 0 Å². The van der Waals surface area contributed by atoms with Gasteiger partial charge in [0.1, 0.15) is 0 Å². The first-order valence-corrected chi connectivity index (χ1v) is 6.66. The van der Waals surface area contributed by atoms with Crippen LogP contribution in [0.5, 0.6) is 0 Å². The van der Waals surface area contributed by atoms with Crippen molar-refractivity contribution < 1.29 is 4.74 Å². The molecule has 1 aliphatic heterocycles. The van der Waals surface area contributed by atoms with Crippen molar-refractivity contribution in [2.45, 2.75) is 58.6 Å². The maximum atomic E-state index is 5.63. The van der Waals surface area contributed by atoms with E-state index >= 15 is 0 Å². The molecule has 0 aromatic carbocycles. The first-order valence-electron chi connectivity index (χ1n) is 6.66. The minimum Gasteiger partial charge on any atom is -0.376 e. The molecule has 2 rings (SSSR count). The predicted molar refractivity (Wildman–Crippen MR) is 72.9 cm³/mol. The summed E-state index contributed by atoms with van der Waals surface area (Å²) in [5, 5.41) is 3.46. The summed E-state index contributed by atoms with van der Waals surface area (Å²) in [6, 6.07) is 2.05. The van der Waals surface area contributed by atoms with Gasteiger partial charge in [0, 0.05) is 18.0 Å². The third-order valence-electron chi connectivity index (χ3n) is 3.75. The Hall–Kier alpha value is -1.16. The molecule has 0 amide bonds. The van der Waals surface area contributed by atoms with E-state index in [4.69, 9.17) is 4.74 Å². The van der Waals surface area contributed by atoms with Crippen molar-refractivity contribution in [1.82, 2.24) is 9.97 Å². The van der Waals surface area contributed by atoms with Crippen LogP contribution in [-0.2, 0) is 4.74 Å². The van der Waals surface area contributed by atoms with Crippen LogP contribution in [0.2, 0.25) is 0 Å². The lowest BCUT2D eigenvalue weighted by molar-refractivity contribution is 0.105. The van der Waals surface area contributed by atoms with Gasteiger partial charge in [0.05, 0.1) is 11.6 Å². The van der Waals surface area contributed by atoms with Gasteiger partial charge in [0.2, 0.25) is 5.95 Å². The molecule has 2 atom stereocenters. The van der Waals surface area contributed by atoms with Crippen molar-refractivity contribution in [2.75, 3.05) is 11.9 Å². The third kappa shape index (κ3) is 2.64. The SMILES string of the molecule is Cc1cc(C(C)C)nc(NC2(C)CCOC2C)n1. The Bertz CT molecular complexity index is 433. The Labute approximate surface area is 109 Å². The summed E-state index contributed by atoms with van der Waals surface area (Å²) in [4.78, 5) is 9.08. The summed E-state index contributed by atoms with van der Waals surface area (Å²) in [6.07, 6.45) is 1.17. The zero-order chi connectivity index (χ0) is 13.3. The number of hydrogen-bond donors (Lipinski definition) is 1. The maximum Gasteiger partial charge on any atom is 0.223 e. The Kier molecular flexibility index (Phi) is 3.57. The highest BCUT2D eigenvalue weighted by Crippen LogP contribution is 2.28. The first-order chi connectivity index (χ1) is 8.40. The van der Waals surface area contributed by atoms with Crippen molar-refractivity contribution in [1.29, 1.82) is 0 Å². The minimum absolute atomic E-state index is 0.0674. The number of hydrogen-bond acceptors (Lipinski definition) is 4. The van der Waals surface area contributed by atoms with Crippen LogP contribution in [0, 0.1) is 6.92 Å². The second-order valence-electron chi connectivity index (χ2n) is 5.72. The first kappa shape index (κ1) is 13.3. The van der Waals surface area contributed by atoms with E-state index in [0.29, 0.717) is 5.92 Å². The molecule has 1 aliphatic rings. The highest BCUT2D eigenvalue weighted by molar-refractivity contribution is 5.33. The Morgan fingerprint density at radius 3 is 2.72 bits per heavy atom. The van der Waals surface area contributed by atoms with Crippen LogP contribution >= 0.6 is 0 Å². The van der Waals surface area contributed by atoms with Crippen LogP contribution in [0.1, 0.15) is 51.4 Å². The molecule has 1 aromatic rings. The number of ether oxygens (including phenoxy) is 1. The molecule has 1 saturated heterocycles. The number of rotatable bonds is 3. The standard InChI is InChI=1S/C14H23N3O/c1-9(2)12-8-10(3)15-13(16-12)17-14(5)6-7-18-11(14)4/h8-9,11H,6-7H2,1-5H3,(H,15,16,17). The van der Waals surface area contributed by atoms with Gasteiger partial charge in [-0.3, -0.25) is 0 Å². The summed E-state index contributed by atoms with van der Waals surface area (Å²) >= 11 is 0. The second-order valence-corrected chi connectivity index (χ2v) is 5.72. The minimum atomic E-state index is -0.0674. The van der Waals surface area contributed by atoms with Crippen LogP contribution in [0.15, 0.2) is 6.07 Å². The van der Waals surface area contributed by atoms with Gasteiger partial charge < -0.3 is 10.1 Å². The van der Waals surface area contributed by atoms with E-state index in [0.717, 1.165) is 30.4 Å². The fraction of sp³-hybridized carbons (Fsp3) is 0.714. The average Bonchev–Trinajstić information content (AvgIpc) is 2.58.